The first-order chi connectivity index (χ1) is 10.4. The molecule has 1 aromatic heterocycles. The third-order valence-corrected chi connectivity index (χ3v) is 3.65. The standard InChI is InChI=1S/C14H17F3N2O3/c1-21-12-10(13(20)22-2)5-6-11(18-12)19-7-3-4-9(8-19)14(15,16)17/h5-6,9H,3-4,7-8H2,1-2H3/t9-/m0/s1. The normalized spacial score (nSPS) is 19.0. The summed E-state index contributed by atoms with van der Waals surface area (Å²) in [6.45, 7) is 0.345. The van der Waals surface area contributed by atoms with Gasteiger partial charge in [-0.25, -0.2) is 4.79 Å². The zero-order valence-electron chi connectivity index (χ0n) is 12.3. The lowest BCUT2D eigenvalue weighted by atomic mass is 9.97. The van der Waals surface area contributed by atoms with Gasteiger partial charge in [-0.15, -0.1) is 0 Å². The van der Waals surface area contributed by atoms with Crippen molar-refractivity contribution in [3.05, 3.63) is 17.7 Å². The molecule has 122 valence electrons. The van der Waals surface area contributed by atoms with Crippen LogP contribution >= 0.6 is 0 Å². The van der Waals surface area contributed by atoms with Gasteiger partial charge in [0.15, 0.2) is 0 Å². The number of hydrogen-bond donors (Lipinski definition) is 0. The lowest BCUT2D eigenvalue weighted by Crippen LogP contribution is -2.42. The maximum atomic E-state index is 12.9. The van der Waals surface area contributed by atoms with E-state index in [1.165, 1.54) is 26.4 Å². The second kappa shape index (κ2) is 6.41. The predicted molar refractivity (Wildman–Crippen MR) is 73.1 cm³/mol. The minimum Gasteiger partial charge on any atom is -0.480 e. The number of methoxy groups -OCH3 is 2. The summed E-state index contributed by atoms with van der Waals surface area (Å²) >= 11 is 0. The molecule has 1 fully saturated rings. The predicted octanol–water partition coefficient (Wildman–Crippen LogP) is 2.66. The summed E-state index contributed by atoms with van der Waals surface area (Å²) in [4.78, 5) is 17.3. The molecule has 1 aromatic rings. The van der Waals surface area contributed by atoms with Crippen LogP contribution in [0.15, 0.2) is 12.1 Å². The molecule has 0 radical (unpaired) electrons. The fourth-order valence-electron chi connectivity index (χ4n) is 2.48. The molecule has 22 heavy (non-hydrogen) atoms. The average molecular weight is 318 g/mol. The Morgan fingerprint density at radius 1 is 1.36 bits per heavy atom. The summed E-state index contributed by atoms with van der Waals surface area (Å²) in [5.41, 5.74) is 0.137. The van der Waals surface area contributed by atoms with Gasteiger partial charge in [-0.05, 0) is 25.0 Å². The number of carbonyl (C=O) groups is 1. The van der Waals surface area contributed by atoms with Crippen LogP contribution in [0.2, 0.25) is 0 Å². The van der Waals surface area contributed by atoms with Crippen molar-refractivity contribution in [2.24, 2.45) is 5.92 Å². The van der Waals surface area contributed by atoms with Crippen molar-refractivity contribution in [2.45, 2.75) is 19.0 Å². The SMILES string of the molecule is COC(=O)c1ccc(N2CCC[C@H](C(F)(F)F)C2)nc1OC. The Balaban J connectivity index is 2.23. The molecule has 0 spiro atoms. The minimum absolute atomic E-state index is 0.0403. The molecule has 0 aliphatic carbocycles. The number of rotatable bonds is 3. The third-order valence-electron chi connectivity index (χ3n) is 3.65. The summed E-state index contributed by atoms with van der Waals surface area (Å²) < 4.78 is 48.2. The zero-order chi connectivity index (χ0) is 16.3. The number of halogens is 3. The molecule has 0 unspecified atom stereocenters. The Morgan fingerprint density at radius 2 is 2.09 bits per heavy atom. The van der Waals surface area contributed by atoms with Crippen molar-refractivity contribution >= 4 is 11.8 Å². The van der Waals surface area contributed by atoms with Crippen LogP contribution in [0.5, 0.6) is 5.88 Å². The monoisotopic (exact) mass is 318 g/mol. The highest BCUT2D eigenvalue weighted by Crippen LogP contribution is 2.35. The number of piperidine rings is 1. The van der Waals surface area contributed by atoms with E-state index in [1.807, 2.05) is 0 Å². The molecule has 1 saturated heterocycles. The number of esters is 1. The molecule has 2 heterocycles. The second-order valence-corrected chi connectivity index (χ2v) is 5.04. The van der Waals surface area contributed by atoms with Crippen molar-refractivity contribution in [3.8, 4) is 5.88 Å². The van der Waals surface area contributed by atoms with Crippen molar-refractivity contribution in [1.82, 2.24) is 4.98 Å². The number of nitrogens with zero attached hydrogens (tertiary/aromatic N) is 2. The van der Waals surface area contributed by atoms with E-state index >= 15 is 0 Å². The first-order valence-corrected chi connectivity index (χ1v) is 6.81. The average Bonchev–Trinajstić information content (AvgIpc) is 2.52. The molecule has 0 aromatic carbocycles. The fraction of sp³-hybridized carbons (Fsp3) is 0.571. The summed E-state index contributed by atoms with van der Waals surface area (Å²) in [7, 11) is 2.57. The van der Waals surface area contributed by atoms with E-state index in [9.17, 15) is 18.0 Å². The Labute approximate surface area is 126 Å². The number of aromatic nitrogens is 1. The number of pyridine rings is 1. The molecule has 5 nitrogen and oxygen atoms in total. The number of hydrogen-bond acceptors (Lipinski definition) is 5. The van der Waals surface area contributed by atoms with Gasteiger partial charge in [-0.3, -0.25) is 0 Å². The summed E-state index contributed by atoms with van der Waals surface area (Å²) in [5, 5.41) is 0. The van der Waals surface area contributed by atoms with Crippen LogP contribution in [-0.2, 0) is 4.74 Å². The number of anilines is 1. The van der Waals surface area contributed by atoms with Crippen molar-refractivity contribution in [1.29, 1.82) is 0 Å². The van der Waals surface area contributed by atoms with Crippen LogP contribution in [0.25, 0.3) is 0 Å². The summed E-state index contributed by atoms with van der Waals surface area (Å²) in [5.74, 6) is -1.58. The molecular weight excluding hydrogens is 301 g/mol. The molecule has 0 amide bonds. The van der Waals surface area contributed by atoms with Gasteiger partial charge >= 0.3 is 12.1 Å². The molecule has 1 atom stereocenters. The Bertz CT molecular complexity index is 549. The van der Waals surface area contributed by atoms with Crippen LogP contribution in [0.4, 0.5) is 19.0 Å². The fourth-order valence-corrected chi connectivity index (χ4v) is 2.48. The van der Waals surface area contributed by atoms with Gasteiger partial charge in [0.2, 0.25) is 5.88 Å². The van der Waals surface area contributed by atoms with Crippen LogP contribution in [0.1, 0.15) is 23.2 Å². The van der Waals surface area contributed by atoms with Crippen LogP contribution < -0.4 is 9.64 Å². The Hall–Kier alpha value is -1.99. The first kappa shape index (κ1) is 16.4. The summed E-state index contributed by atoms with van der Waals surface area (Å²) in [6, 6.07) is 2.96. The van der Waals surface area contributed by atoms with Crippen LogP contribution in [0, 0.1) is 5.92 Å². The van der Waals surface area contributed by atoms with Gasteiger partial charge in [0.1, 0.15) is 11.4 Å². The Kier molecular flexibility index (Phi) is 4.77. The number of alkyl halides is 3. The lowest BCUT2D eigenvalue weighted by molar-refractivity contribution is -0.176. The molecule has 2 rings (SSSR count). The maximum Gasteiger partial charge on any atom is 0.393 e. The van der Waals surface area contributed by atoms with E-state index in [0.29, 0.717) is 18.8 Å². The summed E-state index contributed by atoms with van der Waals surface area (Å²) in [6.07, 6.45) is -3.65. The maximum absolute atomic E-state index is 12.9. The van der Waals surface area contributed by atoms with E-state index in [-0.39, 0.29) is 24.4 Å². The highest BCUT2D eigenvalue weighted by Gasteiger charge is 2.42. The zero-order valence-corrected chi connectivity index (χ0v) is 12.3. The highest BCUT2D eigenvalue weighted by molar-refractivity contribution is 5.92. The molecule has 8 heteroatoms. The van der Waals surface area contributed by atoms with E-state index in [1.54, 1.807) is 4.90 Å². The van der Waals surface area contributed by atoms with Gasteiger partial charge in [0.25, 0.3) is 0 Å². The lowest BCUT2D eigenvalue weighted by Gasteiger charge is -2.34. The van der Waals surface area contributed by atoms with E-state index < -0.39 is 18.1 Å². The first-order valence-electron chi connectivity index (χ1n) is 6.81. The molecule has 0 saturated carbocycles. The van der Waals surface area contributed by atoms with Gasteiger partial charge in [0, 0.05) is 13.1 Å². The number of carbonyl (C=O) groups excluding carboxylic acids is 1. The molecule has 0 N–H and O–H groups in total. The van der Waals surface area contributed by atoms with E-state index in [2.05, 4.69) is 9.72 Å². The van der Waals surface area contributed by atoms with Gasteiger partial charge in [0.05, 0.1) is 20.1 Å². The van der Waals surface area contributed by atoms with Gasteiger partial charge in [-0.2, -0.15) is 18.2 Å². The highest BCUT2D eigenvalue weighted by atomic mass is 19.4. The van der Waals surface area contributed by atoms with Crippen molar-refractivity contribution < 1.29 is 27.4 Å². The Morgan fingerprint density at radius 3 is 2.68 bits per heavy atom. The molecule has 0 bridgehead atoms. The third kappa shape index (κ3) is 3.42. The van der Waals surface area contributed by atoms with Crippen molar-refractivity contribution in [3.63, 3.8) is 0 Å². The molecule has 1 aliphatic heterocycles. The molecular formula is C14H17F3N2O3. The quantitative estimate of drug-likeness (QED) is 0.802. The number of ether oxygens (including phenoxy) is 2. The van der Waals surface area contributed by atoms with E-state index in [4.69, 9.17) is 4.74 Å². The largest absolute Gasteiger partial charge is 0.480 e. The minimum atomic E-state index is -4.21. The smallest absolute Gasteiger partial charge is 0.393 e. The topological polar surface area (TPSA) is 51.7 Å². The molecule has 1 aliphatic rings. The van der Waals surface area contributed by atoms with Gasteiger partial charge < -0.3 is 14.4 Å². The van der Waals surface area contributed by atoms with Crippen LogP contribution in [0.3, 0.4) is 0 Å². The van der Waals surface area contributed by atoms with E-state index in [0.717, 1.165) is 0 Å². The second-order valence-electron chi connectivity index (χ2n) is 5.04. The van der Waals surface area contributed by atoms with Crippen molar-refractivity contribution in [2.75, 3.05) is 32.2 Å². The van der Waals surface area contributed by atoms with Gasteiger partial charge in [-0.1, -0.05) is 0 Å². The van der Waals surface area contributed by atoms with Crippen LogP contribution in [-0.4, -0.2) is 44.4 Å².